The number of rotatable bonds is 5. The summed E-state index contributed by atoms with van der Waals surface area (Å²) in [6.07, 6.45) is 7.10. The molecule has 0 unspecified atom stereocenters. The Bertz CT molecular complexity index is 885. The van der Waals surface area contributed by atoms with E-state index in [1.807, 2.05) is 73.4 Å². The zero-order valence-electron chi connectivity index (χ0n) is 13.6. The van der Waals surface area contributed by atoms with Crippen molar-refractivity contribution in [1.29, 1.82) is 0 Å². The van der Waals surface area contributed by atoms with Crippen LogP contribution in [0.15, 0.2) is 67.1 Å². The first-order valence-corrected chi connectivity index (χ1v) is 8.41. The minimum atomic E-state index is -0.0417. The lowest BCUT2D eigenvalue weighted by molar-refractivity contribution is -0.670. The number of aromatic nitrogens is 2. The molecule has 0 radical (unpaired) electrons. The smallest absolute Gasteiger partial charge is 0.199 e. The van der Waals surface area contributed by atoms with E-state index in [-0.39, 0.29) is 5.78 Å². The molecule has 24 heavy (non-hydrogen) atoms. The van der Waals surface area contributed by atoms with E-state index >= 15 is 0 Å². The predicted octanol–water partition coefficient (Wildman–Crippen LogP) is 3.75. The highest BCUT2D eigenvalue weighted by atomic mass is 32.1. The number of thiazole rings is 1. The molecule has 0 aliphatic heterocycles. The van der Waals surface area contributed by atoms with Gasteiger partial charge in [0.15, 0.2) is 18.2 Å². The van der Waals surface area contributed by atoms with E-state index in [0.717, 1.165) is 22.0 Å². The number of carbonyl (C=O) groups excluding carboxylic acids is 1. The molecular weight excluding hydrogens is 318 g/mol. The number of nitrogens with one attached hydrogen (secondary N) is 1. The van der Waals surface area contributed by atoms with E-state index in [2.05, 4.69) is 10.3 Å². The third kappa shape index (κ3) is 3.75. The average molecular weight is 336 g/mol. The van der Waals surface area contributed by atoms with E-state index < -0.39 is 0 Å². The van der Waals surface area contributed by atoms with E-state index in [0.29, 0.717) is 4.88 Å². The monoisotopic (exact) mass is 336 g/mol. The molecule has 0 fully saturated rings. The minimum Gasteiger partial charge on any atom is -0.357 e. The molecule has 0 spiro atoms. The Hall–Kier alpha value is -2.79. The second-order valence-corrected chi connectivity index (χ2v) is 6.40. The molecule has 1 N–H and O–H groups in total. The number of anilines is 1. The highest BCUT2D eigenvalue weighted by Crippen LogP contribution is 2.28. The van der Waals surface area contributed by atoms with Crippen molar-refractivity contribution in [3.63, 3.8) is 0 Å². The molecule has 2 heterocycles. The third-order valence-electron chi connectivity index (χ3n) is 3.47. The summed E-state index contributed by atoms with van der Waals surface area (Å²) in [6, 6.07) is 13.8. The Morgan fingerprint density at radius 1 is 1.21 bits per heavy atom. The molecule has 0 amide bonds. The summed E-state index contributed by atoms with van der Waals surface area (Å²) in [5, 5.41) is 3.97. The Morgan fingerprint density at radius 2 is 2.00 bits per heavy atom. The van der Waals surface area contributed by atoms with E-state index in [9.17, 15) is 4.79 Å². The number of nitrogens with zero attached hydrogens (tertiary/aromatic N) is 2. The summed E-state index contributed by atoms with van der Waals surface area (Å²) in [7, 11) is 1.95. The lowest BCUT2D eigenvalue weighted by Gasteiger charge is -1.97. The predicted molar refractivity (Wildman–Crippen MR) is 97.0 cm³/mol. The Labute approximate surface area is 145 Å². The van der Waals surface area contributed by atoms with Gasteiger partial charge in [0.25, 0.3) is 0 Å². The van der Waals surface area contributed by atoms with Crippen molar-refractivity contribution in [3.8, 4) is 10.6 Å². The van der Waals surface area contributed by atoms with Crippen molar-refractivity contribution < 1.29 is 9.36 Å². The van der Waals surface area contributed by atoms with Gasteiger partial charge in [-0.25, -0.2) is 9.55 Å². The standard InChI is InChI=1S/C19H17N3OS/c1-14-18(24-19(21-14)15-7-4-3-5-8-15)17(23)10-11-20-16-9-6-12-22(2)13-16/h3-13H,1-2H3/p+1. The number of carbonyl (C=O) groups is 1. The second kappa shape index (κ2) is 7.19. The number of hydrogen-bond donors (Lipinski definition) is 1. The average Bonchev–Trinajstić information content (AvgIpc) is 2.98. The van der Waals surface area contributed by atoms with E-state index in [4.69, 9.17) is 0 Å². The Morgan fingerprint density at radius 3 is 2.75 bits per heavy atom. The molecule has 120 valence electrons. The molecule has 5 heteroatoms. The molecule has 0 aliphatic carbocycles. The van der Waals surface area contributed by atoms with Crippen LogP contribution in [0, 0.1) is 6.92 Å². The SMILES string of the molecule is Cc1nc(-c2ccccc2)sc1C(=O)/C=C\Nc1ccc[n+](C)c1. The van der Waals surface area contributed by atoms with Crippen molar-refractivity contribution in [2.45, 2.75) is 6.92 Å². The molecule has 0 atom stereocenters. The number of ketones is 1. The molecule has 3 rings (SSSR count). The maximum absolute atomic E-state index is 12.4. The van der Waals surface area contributed by atoms with Gasteiger partial charge in [-0.15, -0.1) is 11.3 Å². The first-order valence-electron chi connectivity index (χ1n) is 7.59. The number of allylic oxidation sites excluding steroid dienone is 1. The molecular formula is C19H18N3OS+. The molecule has 0 saturated heterocycles. The molecule has 4 nitrogen and oxygen atoms in total. The topological polar surface area (TPSA) is 45.9 Å². The van der Waals surface area contributed by atoms with Gasteiger partial charge in [-0.2, -0.15) is 0 Å². The van der Waals surface area contributed by atoms with Crippen LogP contribution in [-0.2, 0) is 7.05 Å². The van der Waals surface area contributed by atoms with Crippen LogP contribution in [0.2, 0.25) is 0 Å². The largest absolute Gasteiger partial charge is 0.357 e. The molecule has 0 aliphatic rings. The summed E-state index contributed by atoms with van der Waals surface area (Å²) in [5.74, 6) is -0.0417. The van der Waals surface area contributed by atoms with Crippen LogP contribution in [0.5, 0.6) is 0 Å². The zero-order valence-corrected chi connectivity index (χ0v) is 14.4. The van der Waals surface area contributed by atoms with Crippen LogP contribution in [0.3, 0.4) is 0 Å². The molecule has 0 saturated carbocycles. The molecule has 1 aromatic carbocycles. The normalized spacial score (nSPS) is 10.9. The summed E-state index contributed by atoms with van der Waals surface area (Å²) in [4.78, 5) is 17.6. The summed E-state index contributed by atoms with van der Waals surface area (Å²) in [5.41, 5.74) is 2.72. The van der Waals surface area contributed by atoms with Crippen molar-refractivity contribution in [2.75, 3.05) is 5.32 Å². The summed E-state index contributed by atoms with van der Waals surface area (Å²) >= 11 is 1.43. The maximum Gasteiger partial charge on any atom is 0.199 e. The van der Waals surface area contributed by atoms with Gasteiger partial charge in [0, 0.05) is 23.9 Å². The van der Waals surface area contributed by atoms with Crippen molar-refractivity contribution in [3.05, 3.63) is 77.7 Å². The highest BCUT2D eigenvalue weighted by Gasteiger charge is 2.14. The zero-order chi connectivity index (χ0) is 16.9. The van der Waals surface area contributed by atoms with Crippen molar-refractivity contribution in [2.24, 2.45) is 7.05 Å². The molecule has 3 aromatic rings. The molecule has 2 aromatic heterocycles. The number of pyridine rings is 1. The van der Waals surface area contributed by atoms with Crippen molar-refractivity contribution in [1.82, 2.24) is 4.98 Å². The summed E-state index contributed by atoms with van der Waals surface area (Å²) < 4.78 is 1.94. The van der Waals surface area contributed by atoms with Crippen LogP contribution in [0.1, 0.15) is 15.4 Å². The van der Waals surface area contributed by atoms with Gasteiger partial charge < -0.3 is 5.32 Å². The van der Waals surface area contributed by atoms with Gasteiger partial charge in [-0.05, 0) is 13.0 Å². The van der Waals surface area contributed by atoms with Gasteiger partial charge in [-0.1, -0.05) is 30.3 Å². The van der Waals surface area contributed by atoms with E-state index in [1.165, 1.54) is 11.3 Å². The van der Waals surface area contributed by atoms with Gasteiger partial charge >= 0.3 is 0 Å². The molecule has 0 bridgehead atoms. The first kappa shape index (κ1) is 16.1. The Kier molecular flexibility index (Phi) is 4.82. The van der Waals surface area contributed by atoms with Crippen LogP contribution in [0.25, 0.3) is 10.6 Å². The number of aryl methyl sites for hydroxylation is 2. The fourth-order valence-corrected chi connectivity index (χ4v) is 3.28. The van der Waals surface area contributed by atoms with Crippen LogP contribution >= 0.6 is 11.3 Å². The van der Waals surface area contributed by atoms with E-state index in [1.54, 1.807) is 12.3 Å². The lowest BCUT2D eigenvalue weighted by atomic mass is 10.2. The number of hydrogen-bond acceptors (Lipinski definition) is 4. The van der Waals surface area contributed by atoms with Gasteiger partial charge in [-0.3, -0.25) is 4.79 Å². The van der Waals surface area contributed by atoms with Crippen LogP contribution in [0.4, 0.5) is 5.69 Å². The lowest BCUT2D eigenvalue weighted by Crippen LogP contribution is -2.26. The Balaban J connectivity index is 1.73. The quantitative estimate of drug-likeness (QED) is 0.438. The fraction of sp³-hybridized carbons (Fsp3) is 0.105. The van der Waals surface area contributed by atoms with Crippen LogP contribution < -0.4 is 9.88 Å². The van der Waals surface area contributed by atoms with Gasteiger partial charge in [0.2, 0.25) is 0 Å². The fourth-order valence-electron chi connectivity index (χ4n) is 2.29. The highest BCUT2D eigenvalue weighted by molar-refractivity contribution is 7.17. The summed E-state index contributed by atoms with van der Waals surface area (Å²) in [6.45, 7) is 1.87. The first-order chi connectivity index (χ1) is 11.6. The minimum absolute atomic E-state index is 0.0417. The second-order valence-electron chi connectivity index (χ2n) is 5.40. The maximum atomic E-state index is 12.4. The van der Waals surface area contributed by atoms with Crippen molar-refractivity contribution >= 4 is 22.8 Å². The van der Waals surface area contributed by atoms with Crippen LogP contribution in [-0.4, -0.2) is 10.8 Å². The van der Waals surface area contributed by atoms with Gasteiger partial charge in [0.1, 0.15) is 17.7 Å². The van der Waals surface area contributed by atoms with Gasteiger partial charge in [0.05, 0.1) is 10.6 Å². The third-order valence-corrected chi connectivity index (χ3v) is 4.69. The number of benzene rings is 1.